The van der Waals surface area contributed by atoms with Crippen molar-refractivity contribution in [2.45, 2.75) is 25.7 Å². The molecule has 1 aliphatic rings. The van der Waals surface area contributed by atoms with Crippen LogP contribution in [0.2, 0.25) is 0 Å². The Balaban J connectivity index is 1.96. The summed E-state index contributed by atoms with van der Waals surface area (Å²) in [6.07, 6.45) is -3.68. The van der Waals surface area contributed by atoms with Crippen LogP contribution in [0.4, 0.5) is 18.9 Å². The van der Waals surface area contributed by atoms with Gasteiger partial charge in [0.05, 0.1) is 6.04 Å². The van der Waals surface area contributed by atoms with Gasteiger partial charge in [-0.1, -0.05) is 18.7 Å². The number of nitrogens with zero attached hydrogens (tertiary/aromatic N) is 1. The summed E-state index contributed by atoms with van der Waals surface area (Å²) in [4.78, 5) is 4.44. The predicted octanol–water partition coefficient (Wildman–Crippen LogP) is 3.88. The molecule has 1 unspecified atom stereocenters. The number of ether oxygens (including phenoxy) is 1. The molecule has 0 spiro atoms. The van der Waals surface area contributed by atoms with E-state index in [9.17, 15) is 13.2 Å². The SMILES string of the molecule is CCC1CSC(Nc2ccc(OC(F)(F)F)cc2)=N1. The molecular formula is C12H13F3N2OS. The quantitative estimate of drug-likeness (QED) is 0.917. The van der Waals surface area contributed by atoms with Crippen molar-refractivity contribution in [2.75, 3.05) is 11.1 Å². The van der Waals surface area contributed by atoms with E-state index >= 15 is 0 Å². The van der Waals surface area contributed by atoms with Crippen molar-refractivity contribution < 1.29 is 17.9 Å². The second-order valence-corrected chi connectivity index (χ2v) is 5.01. The van der Waals surface area contributed by atoms with Crippen LogP contribution >= 0.6 is 11.8 Å². The van der Waals surface area contributed by atoms with E-state index in [2.05, 4.69) is 22.0 Å². The first-order valence-corrected chi connectivity index (χ1v) is 6.78. The number of halogens is 3. The van der Waals surface area contributed by atoms with Crippen molar-refractivity contribution in [1.29, 1.82) is 0 Å². The summed E-state index contributed by atoms with van der Waals surface area (Å²) in [6.45, 7) is 2.07. The van der Waals surface area contributed by atoms with Gasteiger partial charge in [-0.25, -0.2) is 0 Å². The Morgan fingerprint density at radius 3 is 2.58 bits per heavy atom. The lowest BCUT2D eigenvalue weighted by molar-refractivity contribution is -0.274. The third-order valence-electron chi connectivity index (χ3n) is 2.52. The summed E-state index contributed by atoms with van der Waals surface area (Å²) in [7, 11) is 0. The average molecular weight is 290 g/mol. The number of alkyl halides is 3. The first-order chi connectivity index (χ1) is 8.96. The average Bonchev–Trinajstić information content (AvgIpc) is 2.77. The van der Waals surface area contributed by atoms with Crippen LogP contribution < -0.4 is 10.1 Å². The summed E-state index contributed by atoms with van der Waals surface area (Å²) in [5, 5.41) is 3.87. The Hall–Kier alpha value is -1.37. The van der Waals surface area contributed by atoms with Crippen molar-refractivity contribution in [3.05, 3.63) is 24.3 Å². The van der Waals surface area contributed by atoms with Gasteiger partial charge in [0.1, 0.15) is 5.75 Å². The highest BCUT2D eigenvalue weighted by molar-refractivity contribution is 8.14. The molecule has 1 heterocycles. The Morgan fingerprint density at radius 1 is 1.37 bits per heavy atom. The molecule has 1 aromatic rings. The maximum absolute atomic E-state index is 12.0. The van der Waals surface area contributed by atoms with E-state index in [1.807, 2.05) is 0 Å². The number of nitrogens with one attached hydrogen (secondary N) is 1. The van der Waals surface area contributed by atoms with E-state index in [0.29, 0.717) is 11.7 Å². The predicted molar refractivity (Wildman–Crippen MR) is 70.7 cm³/mol. The summed E-state index contributed by atoms with van der Waals surface area (Å²) in [6, 6.07) is 5.92. The lowest BCUT2D eigenvalue weighted by atomic mass is 10.3. The molecule has 7 heteroatoms. The van der Waals surface area contributed by atoms with E-state index in [1.54, 1.807) is 11.8 Å². The highest BCUT2D eigenvalue weighted by Gasteiger charge is 2.30. The van der Waals surface area contributed by atoms with Crippen LogP contribution in [0.3, 0.4) is 0 Å². The molecule has 0 aromatic heterocycles. The maximum Gasteiger partial charge on any atom is 0.573 e. The third-order valence-corrected chi connectivity index (χ3v) is 3.56. The normalized spacial score (nSPS) is 19.2. The molecule has 0 saturated heterocycles. The van der Waals surface area contributed by atoms with Gasteiger partial charge in [0, 0.05) is 11.4 Å². The van der Waals surface area contributed by atoms with Crippen molar-refractivity contribution in [3.8, 4) is 5.75 Å². The van der Waals surface area contributed by atoms with Crippen molar-refractivity contribution in [2.24, 2.45) is 4.99 Å². The first kappa shape index (κ1) is 14.0. The number of aliphatic imine (C=N–C) groups is 1. The van der Waals surface area contributed by atoms with Gasteiger partial charge >= 0.3 is 6.36 Å². The van der Waals surface area contributed by atoms with Gasteiger partial charge in [-0.05, 0) is 30.7 Å². The zero-order chi connectivity index (χ0) is 13.9. The molecule has 0 fully saturated rings. The fourth-order valence-corrected chi connectivity index (χ4v) is 2.63. The van der Waals surface area contributed by atoms with Crippen molar-refractivity contribution in [3.63, 3.8) is 0 Å². The third kappa shape index (κ3) is 4.34. The van der Waals surface area contributed by atoms with Gasteiger partial charge in [0.2, 0.25) is 0 Å². The molecule has 1 atom stereocenters. The van der Waals surface area contributed by atoms with Crippen LogP contribution in [0, 0.1) is 0 Å². The monoisotopic (exact) mass is 290 g/mol. The Morgan fingerprint density at radius 2 is 2.05 bits per heavy atom. The smallest absolute Gasteiger partial charge is 0.406 e. The minimum atomic E-state index is -4.66. The molecule has 3 nitrogen and oxygen atoms in total. The molecule has 0 saturated carbocycles. The zero-order valence-corrected chi connectivity index (χ0v) is 11.0. The number of amidine groups is 1. The molecule has 1 aromatic carbocycles. The van der Waals surface area contributed by atoms with Gasteiger partial charge in [-0.15, -0.1) is 13.2 Å². The molecule has 0 radical (unpaired) electrons. The second-order valence-electron chi connectivity index (χ2n) is 4.00. The van der Waals surface area contributed by atoms with Crippen LogP contribution in [-0.2, 0) is 0 Å². The zero-order valence-electron chi connectivity index (χ0n) is 10.2. The number of anilines is 1. The van der Waals surface area contributed by atoms with Gasteiger partial charge in [-0.3, -0.25) is 4.99 Å². The lowest BCUT2D eigenvalue weighted by Gasteiger charge is -2.10. The lowest BCUT2D eigenvalue weighted by Crippen LogP contribution is -2.17. The van der Waals surface area contributed by atoms with E-state index in [4.69, 9.17) is 0 Å². The van der Waals surface area contributed by atoms with Crippen LogP contribution in [0.15, 0.2) is 29.3 Å². The van der Waals surface area contributed by atoms with Crippen LogP contribution in [0.1, 0.15) is 13.3 Å². The van der Waals surface area contributed by atoms with Gasteiger partial charge in [0.15, 0.2) is 5.17 Å². The van der Waals surface area contributed by atoms with E-state index in [-0.39, 0.29) is 5.75 Å². The Bertz CT molecular complexity index is 459. The van der Waals surface area contributed by atoms with Crippen molar-refractivity contribution in [1.82, 2.24) is 0 Å². The number of thioether (sulfide) groups is 1. The number of hydrogen-bond acceptors (Lipinski definition) is 4. The standard InChI is InChI=1S/C12H13F3N2OS/c1-2-8-7-19-11(16-8)17-9-3-5-10(6-4-9)18-12(13,14)15/h3-6,8H,2,7H2,1H3,(H,16,17). The number of benzene rings is 1. The molecule has 19 heavy (non-hydrogen) atoms. The molecule has 1 aliphatic heterocycles. The van der Waals surface area contributed by atoms with Gasteiger partial charge in [-0.2, -0.15) is 0 Å². The molecule has 0 amide bonds. The fraction of sp³-hybridized carbons (Fsp3) is 0.417. The summed E-state index contributed by atoms with van der Waals surface area (Å²) in [5.41, 5.74) is 0.692. The Kier molecular flexibility index (Phi) is 4.24. The molecule has 0 aliphatic carbocycles. The summed E-state index contributed by atoms with van der Waals surface area (Å²) in [5.74, 6) is 0.708. The summed E-state index contributed by atoms with van der Waals surface area (Å²) < 4.78 is 39.8. The highest BCUT2D eigenvalue weighted by atomic mass is 32.2. The topological polar surface area (TPSA) is 33.6 Å². The molecular weight excluding hydrogens is 277 g/mol. The minimum Gasteiger partial charge on any atom is -0.406 e. The van der Waals surface area contributed by atoms with Crippen LogP contribution in [-0.4, -0.2) is 23.3 Å². The molecule has 1 N–H and O–H groups in total. The largest absolute Gasteiger partial charge is 0.573 e. The molecule has 2 rings (SSSR count). The number of hydrogen-bond donors (Lipinski definition) is 1. The van der Waals surface area contributed by atoms with E-state index < -0.39 is 6.36 Å². The molecule has 0 bridgehead atoms. The van der Waals surface area contributed by atoms with E-state index in [1.165, 1.54) is 24.3 Å². The minimum absolute atomic E-state index is 0.231. The van der Waals surface area contributed by atoms with Crippen molar-refractivity contribution >= 4 is 22.6 Å². The van der Waals surface area contributed by atoms with E-state index in [0.717, 1.165) is 17.3 Å². The van der Waals surface area contributed by atoms with Gasteiger partial charge in [0.25, 0.3) is 0 Å². The Labute approximate surface area is 113 Å². The van der Waals surface area contributed by atoms with Crippen LogP contribution in [0.5, 0.6) is 5.75 Å². The highest BCUT2D eigenvalue weighted by Crippen LogP contribution is 2.26. The maximum atomic E-state index is 12.0. The van der Waals surface area contributed by atoms with Gasteiger partial charge < -0.3 is 10.1 Å². The first-order valence-electron chi connectivity index (χ1n) is 5.79. The second kappa shape index (κ2) is 5.73. The number of rotatable bonds is 3. The van der Waals surface area contributed by atoms with Crippen LogP contribution in [0.25, 0.3) is 0 Å². The molecule has 104 valence electrons. The fourth-order valence-electron chi connectivity index (χ4n) is 1.56. The summed E-state index contributed by atoms with van der Waals surface area (Å²) >= 11 is 1.61.